The first-order valence-electron chi connectivity index (χ1n) is 11.9. The van der Waals surface area contributed by atoms with Crippen molar-refractivity contribution < 1.29 is 17.9 Å². The Labute approximate surface area is 210 Å². The van der Waals surface area contributed by atoms with Gasteiger partial charge < -0.3 is 15.0 Å². The van der Waals surface area contributed by atoms with Crippen LogP contribution in [0.2, 0.25) is 0 Å². The molecule has 1 saturated carbocycles. The summed E-state index contributed by atoms with van der Waals surface area (Å²) in [5.74, 6) is 0.459. The van der Waals surface area contributed by atoms with Crippen LogP contribution in [0.15, 0.2) is 58.2 Å². The van der Waals surface area contributed by atoms with E-state index in [4.69, 9.17) is 4.74 Å². The Morgan fingerprint density at radius 2 is 1.86 bits per heavy atom. The number of nitrogens with zero attached hydrogens (tertiary/aromatic N) is 1. The number of amides is 1. The number of sulfonamides is 1. The van der Waals surface area contributed by atoms with Crippen LogP contribution in [0.4, 0.5) is 5.69 Å². The van der Waals surface area contributed by atoms with Crippen molar-refractivity contribution in [1.29, 1.82) is 0 Å². The molecule has 1 aliphatic carbocycles. The molecular weight excluding hydrogens is 480 g/mol. The van der Waals surface area contributed by atoms with Gasteiger partial charge in [0.25, 0.3) is 11.5 Å². The number of aromatic nitrogens is 2. The van der Waals surface area contributed by atoms with Gasteiger partial charge in [-0.25, -0.2) is 18.1 Å². The minimum atomic E-state index is -3.62. The maximum absolute atomic E-state index is 12.8. The molecule has 3 aromatic rings. The summed E-state index contributed by atoms with van der Waals surface area (Å²) in [6.07, 6.45) is 4.93. The van der Waals surface area contributed by atoms with Crippen LogP contribution in [-0.4, -0.2) is 36.9 Å². The van der Waals surface area contributed by atoms with Crippen molar-refractivity contribution in [2.75, 3.05) is 11.9 Å². The number of rotatable bonds is 8. The van der Waals surface area contributed by atoms with E-state index in [2.05, 4.69) is 20.0 Å². The van der Waals surface area contributed by atoms with Crippen LogP contribution in [0, 0.1) is 13.8 Å². The lowest BCUT2D eigenvalue weighted by Crippen LogP contribution is -2.36. The second-order valence-electron chi connectivity index (χ2n) is 9.04. The number of hydrogen-bond acceptors (Lipinski definition) is 6. The highest BCUT2D eigenvalue weighted by molar-refractivity contribution is 7.89. The molecule has 190 valence electrons. The minimum absolute atomic E-state index is 0.0240. The SMILES string of the molecule is Cc1cc(=O)[nH]c(-c2cccc(NC(=O)COc3ccc(S(=O)(=O)NC4CCCCC4)cc3C)c2)n1. The molecule has 0 atom stereocenters. The maximum atomic E-state index is 12.8. The summed E-state index contributed by atoms with van der Waals surface area (Å²) in [6, 6.07) is 13.0. The van der Waals surface area contributed by atoms with Gasteiger partial charge in [-0.2, -0.15) is 0 Å². The fourth-order valence-corrected chi connectivity index (χ4v) is 5.65. The predicted octanol–water partition coefficient (Wildman–Crippen LogP) is 3.68. The average molecular weight is 511 g/mol. The lowest BCUT2D eigenvalue weighted by molar-refractivity contribution is -0.118. The highest BCUT2D eigenvalue weighted by Crippen LogP contribution is 2.24. The molecule has 1 aromatic heterocycles. The summed E-state index contributed by atoms with van der Waals surface area (Å²) in [4.78, 5) is 31.4. The van der Waals surface area contributed by atoms with Crippen LogP contribution in [0.5, 0.6) is 5.75 Å². The lowest BCUT2D eigenvalue weighted by atomic mass is 9.96. The highest BCUT2D eigenvalue weighted by atomic mass is 32.2. The van der Waals surface area contributed by atoms with Gasteiger partial charge in [-0.05, 0) is 62.6 Å². The molecule has 1 fully saturated rings. The molecule has 1 amide bonds. The smallest absolute Gasteiger partial charge is 0.262 e. The zero-order chi connectivity index (χ0) is 25.7. The topological polar surface area (TPSA) is 130 Å². The predicted molar refractivity (Wildman–Crippen MR) is 138 cm³/mol. The molecule has 0 radical (unpaired) electrons. The third-order valence-corrected chi connectivity index (χ3v) is 7.55. The number of ether oxygens (including phenoxy) is 1. The zero-order valence-corrected chi connectivity index (χ0v) is 21.2. The van der Waals surface area contributed by atoms with Crippen molar-refractivity contribution in [3.63, 3.8) is 0 Å². The summed E-state index contributed by atoms with van der Waals surface area (Å²) < 4.78 is 34.0. The van der Waals surface area contributed by atoms with Gasteiger partial charge in [-0.3, -0.25) is 9.59 Å². The fourth-order valence-electron chi connectivity index (χ4n) is 4.26. The Bertz CT molecular complexity index is 1410. The second kappa shape index (κ2) is 11.0. The Morgan fingerprint density at radius 1 is 1.08 bits per heavy atom. The van der Waals surface area contributed by atoms with Gasteiger partial charge in [0.15, 0.2) is 6.61 Å². The van der Waals surface area contributed by atoms with E-state index in [1.54, 1.807) is 50.2 Å². The van der Waals surface area contributed by atoms with Gasteiger partial charge in [0, 0.05) is 29.1 Å². The number of H-pyrrole nitrogens is 1. The monoisotopic (exact) mass is 510 g/mol. The number of benzene rings is 2. The quantitative estimate of drug-likeness (QED) is 0.424. The van der Waals surface area contributed by atoms with E-state index in [0.717, 1.165) is 32.1 Å². The van der Waals surface area contributed by atoms with E-state index in [0.29, 0.717) is 34.1 Å². The standard InChI is InChI=1S/C26H30N4O5S/c1-17-13-22(36(33,34)30-20-8-4-3-5-9-20)11-12-23(17)35-16-25(32)28-21-10-6-7-19(15-21)26-27-18(2)14-24(31)29-26/h6-7,10-15,20,30H,3-5,8-9,16H2,1-2H3,(H,28,32)(H,27,29,31). The molecule has 0 bridgehead atoms. The molecular formula is C26H30N4O5S. The Balaban J connectivity index is 1.37. The number of nitrogens with one attached hydrogen (secondary N) is 3. The van der Waals surface area contributed by atoms with Crippen molar-refractivity contribution >= 4 is 21.6 Å². The molecule has 0 unspecified atom stereocenters. The number of carbonyl (C=O) groups excluding carboxylic acids is 1. The Morgan fingerprint density at radius 3 is 2.58 bits per heavy atom. The average Bonchev–Trinajstić information content (AvgIpc) is 2.83. The molecule has 9 nitrogen and oxygen atoms in total. The molecule has 4 rings (SSSR count). The highest BCUT2D eigenvalue weighted by Gasteiger charge is 2.22. The van der Waals surface area contributed by atoms with Crippen LogP contribution in [0.3, 0.4) is 0 Å². The van der Waals surface area contributed by atoms with Gasteiger partial charge in [0.1, 0.15) is 11.6 Å². The van der Waals surface area contributed by atoms with E-state index in [9.17, 15) is 18.0 Å². The summed E-state index contributed by atoms with van der Waals surface area (Å²) >= 11 is 0. The summed E-state index contributed by atoms with van der Waals surface area (Å²) in [5.41, 5.74) is 2.14. The number of hydrogen-bond donors (Lipinski definition) is 3. The summed E-state index contributed by atoms with van der Waals surface area (Å²) in [6.45, 7) is 3.22. The first-order chi connectivity index (χ1) is 17.2. The molecule has 1 heterocycles. The fraction of sp³-hybridized carbons (Fsp3) is 0.346. The van der Waals surface area contributed by atoms with Crippen molar-refractivity contribution in [2.45, 2.75) is 56.9 Å². The number of carbonyl (C=O) groups is 1. The Kier molecular flexibility index (Phi) is 7.85. The van der Waals surface area contributed by atoms with E-state index in [-0.39, 0.29) is 29.0 Å². The molecule has 10 heteroatoms. The number of anilines is 1. The normalized spacial score (nSPS) is 14.4. The van der Waals surface area contributed by atoms with Crippen LogP contribution in [-0.2, 0) is 14.8 Å². The van der Waals surface area contributed by atoms with Crippen molar-refractivity contribution in [3.8, 4) is 17.1 Å². The first kappa shape index (κ1) is 25.6. The first-order valence-corrected chi connectivity index (χ1v) is 13.4. The van der Waals surface area contributed by atoms with Crippen molar-refractivity contribution in [2.24, 2.45) is 0 Å². The molecule has 0 aliphatic heterocycles. The third kappa shape index (κ3) is 6.58. The van der Waals surface area contributed by atoms with Crippen molar-refractivity contribution in [1.82, 2.24) is 14.7 Å². The third-order valence-electron chi connectivity index (χ3n) is 6.03. The second-order valence-corrected chi connectivity index (χ2v) is 10.8. The summed E-state index contributed by atoms with van der Waals surface area (Å²) in [7, 11) is -3.62. The zero-order valence-electron chi connectivity index (χ0n) is 20.3. The van der Waals surface area contributed by atoms with Gasteiger partial charge in [-0.15, -0.1) is 0 Å². The van der Waals surface area contributed by atoms with E-state index >= 15 is 0 Å². The molecule has 2 aromatic carbocycles. The Hall–Kier alpha value is -3.50. The molecule has 36 heavy (non-hydrogen) atoms. The molecule has 3 N–H and O–H groups in total. The van der Waals surface area contributed by atoms with Crippen molar-refractivity contribution in [3.05, 3.63) is 70.1 Å². The maximum Gasteiger partial charge on any atom is 0.262 e. The van der Waals surface area contributed by atoms with Crippen LogP contribution in [0.25, 0.3) is 11.4 Å². The molecule has 0 saturated heterocycles. The largest absolute Gasteiger partial charge is 0.483 e. The molecule has 1 aliphatic rings. The van der Waals surface area contributed by atoms with E-state index < -0.39 is 10.0 Å². The molecule has 0 spiro atoms. The van der Waals surface area contributed by atoms with Gasteiger partial charge in [0.05, 0.1) is 4.90 Å². The number of aromatic amines is 1. The van der Waals surface area contributed by atoms with Crippen LogP contribution in [0.1, 0.15) is 43.4 Å². The van der Waals surface area contributed by atoms with Crippen LogP contribution < -0.4 is 20.3 Å². The van der Waals surface area contributed by atoms with Gasteiger partial charge >= 0.3 is 0 Å². The van der Waals surface area contributed by atoms with E-state index in [1.807, 2.05) is 0 Å². The minimum Gasteiger partial charge on any atom is -0.483 e. The van der Waals surface area contributed by atoms with Gasteiger partial charge in [-0.1, -0.05) is 31.4 Å². The lowest BCUT2D eigenvalue weighted by Gasteiger charge is -2.22. The van der Waals surface area contributed by atoms with Crippen LogP contribution >= 0.6 is 0 Å². The number of aryl methyl sites for hydroxylation is 2. The van der Waals surface area contributed by atoms with E-state index in [1.165, 1.54) is 12.1 Å². The summed E-state index contributed by atoms with van der Waals surface area (Å²) in [5, 5.41) is 2.76. The van der Waals surface area contributed by atoms with Gasteiger partial charge in [0.2, 0.25) is 10.0 Å².